The van der Waals surface area contributed by atoms with Crippen LogP contribution in [0.1, 0.15) is 17.8 Å². The Morgan fingerprint density at radius 3 is 2.67 bits per heavy atom. The third kappa shape index (κ3) is 2.78. The lowest BCUT2D eigenvalue weighted by Gasteiger charge is -2.12. The van der Waals surface area contributed by atoms with E-state index in [-0.39, 0.29) is 16.6 Å². The molecule has 1 atom stereocenters. The number of thiophene rings is 1. The first-order chi connectivity index (χ1) is 9.95. The van der Waals surface area contributed by atoms with Gasteiger partial charge in [0, 0.05) is 4.88 Å². The summed E-state index contributed by atoms with van der Waals surface area (Å²) in [4.78, 5) is 17.4. The molecule has 0 fully saturated rings. The number of sulfonamides is 1. The van der Waals surface area contributed by atoms with Crippen molar-refractivity contribution in [2.75, 3.05) is 0 Å². The van der Waals surface area contributed by atoms with E-state index in [4.69, 9.17) is 0 Å². The number of aromatic amines is 2. The number of hydrogen-bond donors (Lipinski definition) is 3. The minimum atomic E-state index is -3.65. The van der Waals surface area contributed by atoms with Gasteiger partial charge in [-0.3, -0.25) is 0 Å². The van der Waals surface area contributed by atoms with Gasteiger partial charge < -0.3 is 9.97 Å². The molecule has 0 aliphatic rings. The molecule has 2 aromatic heterocycles. The van der Waals surface area contributed by atoms with E-state index in [1.165, 1.54) is 23.5 Å². The summed E-state index contributed by atoms with van der Waals surface area (Å²) in [5.41, 5.74) is 0.677. The zero-order valence-corrected chi connectivity index (χ0v) is 12.7. The highest BCUT2D eigenvalue weighted by atomic mass is 32.2. The molecule has 0 bridgehead atoms. The minimum Gasteiger partial charge on any atom is -0.306 e. The molecule has 3 aromatic rings. The second-order valence-corrected chi connectivity index (χ2v) is 7.34. The molecule has 0 unspecified atom stereocenters. The van der Waals surface area contributed by atoms with E-state index in [1.54, 1.807) is 13.0 Å². The lowest BCUT2D eigenvalue weighted by atomic mass is 10.3. The maximum atomic E-state index is 12.4. The molecule has 0 amide bonds. The molecule has 3 N–H and O–H groups in total. The molecular weight excluding hydrogens is 310 g/mol. The molecule has 0 saturated heterocycles. The van der Waals surface area contributed by atoms with Crippen LogP contribution in [0, 0.1) is 0 Å². The van der Waals surface area contributed by atoms with Crippen LogP contribution in [0.25, 0.3) is 11.0 Å². The van der Waals surface area contributed by atoms with Crippen molar-refractivity contribution in [3.05, 3.63) is 51.1 Å². The van der Waals surface area contributed by atoms with Gasteiger partial charge in [-0.25, -0.2) is 17.9 Å². The van der Waals surface area contributed by atoms with Crippen LogP contribution in [-0.4, -0.2) is 18.4 Å². The fourth-order valence-electron chi connectivity index (χ4n) is 2.08. The molecule has 1 aromatic carbocycles. The molecular formula is C13H13N3O3S2. The number of benzene rings is 1. The van der Waals surface area contributed by atoms with Crippen molar-refractivity contribution in [1.82, 2.24) is 14.7 Å². The number of imidazole rings is 1. The second kappa shape index (κ2) is 5.14. The predicted octanol–water partition coefficient (Wildman–Crippen LogP) is 1.96. The highest BCUT2D eigenvalue weighted by Crippen LogP contribution is 2.22. The number of hydrogen-bond acceptors (Lipinski definition) is 4. The van der Waals surface area contributed by atoms with E-state index in [1.807, 2.05) is 17.5 Å². The van der Waals surface area contributed by atoms with Crippen molar-refractivity contribution in [2.24, 2.45) is 0 Å². The summed E-state index contributed by atoms with van der Waals surface area (Å²) < 4.78 is 27.4. The Hall–Kier alpha value is -1.90. The van der Waals surface area contributed by atoms with Crippen LogP contribution >= 0.6 is 11.3 Å². The van der Waals surface area contributed by atoms with Crippen LogP contribution in [-0.2, 0) is 10.0 Å². The Balaban J connectivity index is 1.94. The maximum absolute atomic E-state index is 12.4. The molecule has 0 aliphatic heterocycles. The molecule has 6 nitrogen and oxygen atoms in total. The Morgan fingerprint density at radius 2 is 1.95 bits per heavy atom. The average molecular weight is 323 g/mol. The van der Waals surface area contributed by atoms with Crippen LogP contribution in [0.2, 0.25) is 0 Å². The third-order valence-electron chi connectivity index (χ3n) is 3.10. The average Bonchev–Trinajstić information content (AvgIpc) is 3.04. The Bertz CT molecular complexity index is 923. The zero-order chi connectivity index (χ0) is 15.0. The molecule has 0 spiro atoms. The van der Waals surface area contributed by atoms with Gasteiger partial charge in [0.15, 0.2) is 0 Å². The summed E-state index contributed by atoms with van der Waals surface area (Å²) in [6, 6.07) is 7.92. The van der Waals surface area contributed by atoms with Crippen LogP contribution in [0.5, 0.6) is 0 Å². The molecule has 8 heteroatoms. The van der Waals surface area contributed by atoms with E-state index in [2.05, 4.69) is 14.7 Å². The monoisotopic (exact) mass is 323 g/mol. The highest BCUT2D eigenvalue weighted by Gasteiger charge is 2.19. The van der Waals surface area contributed by atoms with Gasteiger partial charge in [-0.15, -0.1) is 11.3 Å². The summed E-state index contributed by atoms with van der Waals surface area (Å²) in [5, 5.41) is 1.90. The molecule has 110 valence electrons. The molecule has 0 saturated carbocycles. The van der Waals surface area contributed by atoms with Crippen molar-refractivity contribution in [3.63, 3.8) is 0 Å². The van der Waals surface area contributed by atoms with Crippen LogP contribution < -0.4 is 10.4 Å². The van der Waals surface area contributed by atoms with Gasteiger partial charge in [0.25, 0.3) is 0 Å². The minimum absolute atomic E-state index is 0.119. The van der Waals surface area contributed by atoms with E-state index >= 15 is 0 Å². The summed E-state index contributed by atoms with van der Waals surface area (Å²) >= 11 is 1.49. The van der Waals surface area contributed by atoms with Crippen molar-refractivity contribution in [3.8, 4) is 0 Å². The van der Waals surface area contributed by atoms with Crippen molar-refractivity contribution in [1.29, 1.82) is 0 Å². The topological polar surface area (TPSA) is 94.8 Å². The first-order valence-electron chi connectivity index (χ1n) is 6.23. The number of rotatable bonds is 4. The Labute approximate surface area is 124 Å². The van der Waals surface area contributed by atoms with Gasteiger partial charge >= 0.3 is 5.69 Å². The standard InChI is InChI=1S/C13H13N3O3S2/c1-8(12-3-2-6-20-12)16-21(18,19)9-4-5-10-11(7-9)15-13(17)14-10/h2-8,16H,1H3,(H2,14,15,17)/t8-/m1/s1. The lowest BCUT2D eigenvalue weighted by Crippen LogP contribution is -2.26. The first kappa shape index (κ1) is 14.1. The fourth-order valence-corrected chi connectivity index (χ4v) is 4.13. The van der Waals surface area contributed by atoms with Crippen molar-refractivity contribution < 1.29 is 8.42 Å². The lowest BCUT2D eigenvalue weighted by molar-refractivity contribution is 0.568. The summed E-state index contributed by atoms with van der Waals surface area (Å²) in [5.74, 6) is 0. The number of aromatic nitrogens is 2. The van der Waals surface area contributed by atoms with Gasteiger partial charge in [-0.05, 0) is 36.6 Å². The molecule has 2 heterocycles. The number of H-pyrrole nitrogens is 2. The van der Waals surface area contributed by atoms with E-state index in [9.17, 15) is 13.2 Å². The second-order valence-electron chi connectivity index (χ2n) is 4.64. The van der Waals surface area contributed by atoms with Gasteiger partial charge in [-0.2, -0.15) is 0 Å². The van der Waals surface area contributed by atoms with Crippen molar-refractivity contribution >= 4 is 32.4 Å². The van der Waals surface area contributed by atoms with Gasteiger partial charge in [0.1, 0.15) is 0 Å². The van der Waals surface area contributed by atoms with E-state index in [0.29, 0.717) is 11.0 Å². The number of fused-ring (bicyclic) bond motifs is 1. The van der Waals surface area contributed by atoms with Gasteiger partial charge in [-0.1, -0.05) is 6.07 Å². The molecule has 21 heavy (non-hydrogen) atoms. The zero-order valence-electron chi connectivity index (χ0n) is 11.1. The van der Waals surface area contributed by atoms with Crippen molar-refractivity contribution in [2.45, 2.75) is 17.9 Å². The summed E-state index contributed by atoms with van der Waals surface area (Å²) in [6.45, 7) is 1.79. The van der Waals surface area contributed by atoms with Crippen LogP contribution in [0.15, 0.2) is 45.4 Å². The quantitative estimate of drug-likeness (QED) is 0.685. The summed E-state index contributed by atoms with van der Waals surface area (Å²) in [7, 11) is -3.65. The smallest absolute Gasteiger partial charge is 0.306 e. The predicted molar refractivity (Wildman–Crippen MR) is 82.0 cm³/mol. The molecule has 0 aliphatic carbocycles. The summed E-state index contributed by atoms with van der Waals surface area (Å²) in [6.07, 6.45) is 0. The third-order valence-corrected chi connectivity index (χ3v) is 5.69. The normalized spacial score (nSPS) is 13.6. The van der Waals surface area contributed by atoms with E-state index < -0.39 is 10.0 Å². The molecule has 3 rings (SSSR count). The largest absolute Gasteiger partial charge is 0.323 e. The van der Waals surface area contributed by atoms with Gasteiger partial charge in [0.2, 0.25) is 10.0 Å². The fraction of sp³-hybridized carbons (Fsp3) is 0.154. The number of nitrogens with one attached hydrogen (secondary N) is 3. The first-order valence-corrected chi connectivity index (χ1v) is 8.60. The molecule has 0 radical (unpaired) electrons. The van der Waals surface area contributed by atoms with Crippen LogP contribution in [0.4, 0.5) is 0 Å². The highest BCUT2D eigenvalue weighted by molar-refractivity contribution is 7.89. The Morgan fingerprint density at radius 1 is 1.19 bits per heavy atom. The Kier molecular flexibility index (Phi) is 3.44. The SMILES string of the molecule is C[C@@H](NS(=O)(=O)c1ccc2[nH]c(=O)[nH]c2c1)c1cccs1. The maximum Gasteiger partial charge on any atom is 0.323 e. The van der Waals surface area contributed by atoms with E-state index in [0.717, 1.165) is 4.88 Å². The van der Waals surface area contributed by atoms with Gasteiger partial charge in [0.05, 0.1) is 22.0 Å². The van der Waals surface area contributed by atoms with Crippen LogP contribution in [0.3, 0.4) is 0 Å².